The summed E-state index contributed by atoms with van der Waals surface area (Å²) in [6.45, 7) is 4.17. The van der Waals surface area contributed by atoms with Crippen LogP contribution in [0, 0.1) is 5.92 Å². The second kappa shape index (κ2) is 7.90. The Morgan fingerprint density at radius 1 is 1.29 bits per heavy atom. The predicted octanol–water partition coefficient (Wildman–Crippen LogP) is 3.24. The summed E-state index contributed by atoms with van der Waals surface area (Å²) in [4.78, 5) is 6.61. The molecule has 0 saturated heterocycles. The molecule has 3 heteroatoms. The number of pyridine rings is 1. The van der Waals surface area contributed by atoms with Crippen LogP contribution in [0.15, 0.2) is 24.5 Å². The van der Waals surface area contributed by atoms with Gasteiger partial charge in [0.25, 0.3) is 0 Å². The average Bonchev–Trinajstić information content (AvgIpc) is 2.55. The molecule has 1 saturated carbocycles. The molecule has 3 nitrogen and oxygen atoms in total. The maximum atomic E-state index is 6.18. The summed E-state index contributed by atoms with van der Waals surface area (Å²) < 4.78 is 0. The van der Waals surface area contributed by atoms with E-state index in [4.69, 9.17) is 5.73 Å². The molecular weight excluding hydrogens is 258 g/mol. The molecule has 0 unspecified atom stereocenters. The number of aromatic nitrogens is 1. The Morgan fingerprint density at radius 2 is 1.95 bits per heavy atom. The summed E-state index contributed by atoms with van der Waals surface area (Å²) in [6.07, 6.45) is 12.8. The molecule has 1 aromatic rings. The lowest BCUT2D eigenvalue weighted by Gasteiger charge is -2.46. The lowest BCUT2D eigenvalue weighted by atomic mass is 9.74. The van der Waals surface area contributed by atoms with E-state index >= 15 is 0 Å². The highest BCUT2D eigenvalue weighted by atomic mass is 15.2. The molecule has 1 aromatic heterocycles. The van der Waals surface area contributed by atoms with Crippen LogP contribution in [0.3, 0.4) is 0 Å². The van der Waals surface area contributed by atoms with E-state index in [1.54, 1.807) is 0 Å². The van der Waals surface area contributed by atoms with Gasteiger partial charge in [-0.1, -0.05) is 19.8 Å². The maximum Gasteiger partial charge on any atom is 0.0329 e. The monoisotopic (exact) mass is 289 g/mol. The number of hydrogen-bond donors (Lipinski definition) is 1. The van der Waals surface area contributed by atoms with Crippen LogP contribution >= 0.6 is 0 Å². The van der Waals surface area contributed by atoms with Crippen LogP contribution in [0.4, 0.5) is 0 Å². The molecule has 1 aliphatic carbocycles. The van der Waals surface area contributed by atoms with Crippen molar-refractivity contribution in [2.45, 2.75) is 57.4 Å². The van der Waals surface area contributed by atoms with Crippen molar-refractivity contribution in [2.24, 2.45) is 11.7 Å². The predicted molar refractivity (Wildman–Crippen MR) is 89.2 cm³/mol. The summed E-state index contributed by atoms with van der Waals surface area (Å²) >= 11 is 0. The largest absolute Gasteiger partial charge is 0.329 e. The topological polar surface area (TPSA) is 42.1 Å². The van der Waals surface area contributed by atoms with Gasteiger partial charge in [-0.3, -0.25) is 9.88 Å². The Balaban J connectivity index is 1.88. The lowest BCUT2D eigenvalue weighted by molar-refractivity contribution is 0.0639. The van der Waals surface area contributed by atoms with Crippen LogP contribution < -0.4 is 5.73 Å². The van der Waals surface area contributed by atoms with Crippen molar-refractivity contribution in [3.63, 3.8) is 0 Å². The van der Waals surface area contributed by atoms with Gasteiger partial charge in [0.05, 0.1) is 0 Å². The molecule has 2 rings (SSSR count). The summed E-state index contributed by atoms with van der Waals surface area (Å²) in [5.74, 6) is 0.934. The molecule has 0 bridgehead atoms. The summed E-state index contributed by atoms with van der Waals surface area (Å²) in [5.41, 5.74) is 7.77. The van der Waals surface area contributed by atoms with E-state index in [9.17, 15) is 0 Å². The van der Waals surface area contributed by atoms with Crippen molar-refractivity contribution >= 4 is 0 Å². The number of rotatable bonds is 7. The van der Waals surface area contributed by atoms with Crippen molar-refractivity contribution in [1.29, 1.82) is 0 Å². The Labute approximate surface area is 129 Å². The Kier molecular flexibility index (Phi) is 6.19. The highest BCUT2D eigenvalue weighted by Crippen LogP contribution is 2.37. The third-order valence-corrected chi connectivity index (χ3v) is 5.41. The molecule has 0 aliphatic heterocycles. The van der Waals surface area contributed by atoms with E-state index in [0.717, 1.165) is 25.4 Å². The zero-order valence-electron chi connectivity index (χ0n) is 13.7. The van der Waals surface area contributed by atoms with Crippen LogP contribution in [0.2, 0.25) is 0 Å². The minimum absolute atomic E-state index is 0.233. The Hall–Kier alpha value is -0.930. The number of nitrogens with zero attached hydrogens (tertiary/aromatic N) is 2. The van der Waals surface area contributed by atoms with Gasteiger partial charge in [-0.05, 0) is 62.8 Å². The second-order valence-corrected chi connectivity index (χ2v) is 6.69. The smallest absolute Gasteiger partial charge is 0.0329 e. The second-order valence-electron chi connectivity index (χ2n) is 6.69. The van der Waals surface area contributed by atoms with Crippen molar-refractivity contribution in [3.05, 3.63) is 30.1 Å². The van der Waals surface area contributed by atoms with Crippen molar-refractivity contribution in [1.82, 2.24) is 9.88 Å². The molecular formula is C18H31N3. The number of nitrogens with two attached hydrogens (primary N) is 1. The molecule has 1 fully saturated rings. The Bertz CT molecular complexity index is 396. The highest BCUT2D eigenvalue weighted by molar-refractivity contribution is 5.10. The van der Waals surface area contributed by atoms with Gasteiger partial charge >= 0.3 is 0 Å². The molecule has 2 N–H and O–H groups in total. The minimum Gasteiger partial charge on any atom is -0.329 e. The molecule has 1 heterocycles. The zero-order valence-corrected chi connectivity index (χ0v) is 13.7. The van der Waals surface area contributed by atoms with Gasteiger partial charge in [-0.25, -0.2) is 0 Å². The van der Waals surface area contributed by atoms with E-state index < -0.39 is 0 Å². The van der Waals surface area contributed by atoms with Crippen molar-refractivity contribution in [2.75, 3.05) is 20.1 Å². The van der Waals surface area contributed by atoms with Crippen LogP contribution in [0.5, 0.6) is 0 Å². The third-order valence-electron chi connectivity index (χ3n) is 5.41. The van der Waals surface area contributed by atoms with Gasteiger partial charge in [0.1, 0.15) is 0 Å². The van der Waals surface area contributed by atoms with Crippen molar-refractivity contribution in [3.8, 4) is 0 Å². The fourth-order valence-corrected chi connectivity index (χ4v) is 3.74. The molecule has 0 atom stereocenters. The molecule has 0 aromatic carbocycles. The first-order valence-corrected chi connectivity index (χ1v) is 8.50. The lowest BCUT2D eigenvalue weighted by Crippen LogP contribution is -2.54. The number of hydrogen-bond acceptors (Lipinski definition) is 3. The molecule has 0 spiro atoms. The zero-order chi connectivity index (χ0) is 15.1. The summed E-state index contributed by atoms with van der Waals surface area (Å²) in [6, 6.07) is 4.22. The van der Waals surface area contributed by atoms with Crippen molar-refractivity contribution < 1.29 is 0 Å². The molecule has 118 valence electrons. The molecule has 0 radical (unpaired) electrons. The maximum absolute atomic E-state index is 6.18. The molecule has 0 amide bonds. The first-order chi connectivity index (χ1) is 10.2. The summed E-state index contributed by atoms with van der Waals surface area (Å²) in [5, 5.41) is 0. The van der Waals surface area contributed by atoms with Gasteiger partial charge in [0, 0.05) is 31.0 Å². The highest BCUT2D eigenvalue weighted by Gasteiger charge is 2.36. The van der Waals surface area contributed by atoms with E-state index in [2.05, 4.69) is 36.0 Å². The van der Waals surface area contributed by atoms with Crippen LogP contribution in [-0.2, 0) is 6.42 Å². The number of likely N-dealkylation sites (N-methyl/N-ethyl adjacent to an activating group) is 1. The van der Waals surface area contributed by atoms with E-state index in [1.165, 1.54) is 44.1 Å². The first kappa shape index (κ1) is 16.4. The fraction of sp³-hybridized carbons (Fsp3) is 0.722. The Morgan fingerprint density at radius 3 is 2.52 bits per heavy atom. The fourth-order valence-electron chi connectivity index (χ4n) is 3.74. The van der Waals surface area contributed by atoms with Gasteiger partial charge < -0.3 is 5.73 Å². The van der Waals surface area contributed by atoms with Gasteiger partial charge in [0.2, 0.25) is 0 Å². The molecule has 21 heavy (non-hydrogen) atoms. The van der Waals surface area contributed by atoms with Gasteiger partial charge in [0.15, 0.2) is 0 Å². The van der Waals surface area contributed by atoms with E-state index in [1.807, 2.05) is 12.4 Å². The first-order valence-electron chi connectivity index (χ1n) is 8.50. The minimum atomic E-state index is 0.233. The van der Waals surface area contributed by atoms with Crippen LogP contribution in [0.25, 0.3) is 0 Å². The quantitative estimate of drug-likeness (QED) is 0.838. The third kappa shape index (κ3) is 4.27. The van der Waals surface area contributed by atoms with E-state index in [-0.39, 0.29) is 5.54 Å². The standard InChI is InChI=1S/C18H31N3/c1-3-4-16-5-10-18(15-19,11-6-16)21(2)14-9-17-7-12-20-13-8-17/h7-8,12-13,16H,3-6,9-11,14-15,19H2,1-2H3. The molecule has 1 aliphatic rings. The van der Waals surface area contributed by atoms with Gasteiger partial charge in [-0.15, -0.1) is 0 Å². The van der Waals surface area contributed by atoms with E-state index in [0.29, 0.717) is 0 Å². The normalized spacial score (nSPS) is 26.2. The SMILES string of the molecule is CCCC1CCC(CN)(N(C)CCc2ccncc2)CC1. The van der Waals surface area contributed by atoms with Gasteiger partial charge in [-0.2, -0.15) is 0 Å². The van der Waals surface area contributed by atoms with Crippen LogP contribution in [0.1, 0.15) is 51.0 Å². The van der Waals surface area contributed by atoms with Crippen LogP contribution in [-0.4, -0.2) is 35.6 Å². The summed E-state index contributed by atoms with van der Waals surface area (Å²) in [7, 11) is 2.26. The average molecular weight is 289 g/mol.